The second-order valence-electron chi connectivity index (χ2n) is 6.58. The molecule has 0 radical (unpaired) electrons. The number of ether oxygens (including phenoxy) is 1. The zero-order valence-electron chi connectivity index (χ0n) is 16.7. The van der Waals surface area contributed by atoms with Crippen molar-refractivity contribution >= 4 is 35.1 Å². The summed E-state index contributed by atoms with van der Waals surface area (Å²) in [4.78, 5) is 28.9. The minimum absolute atomic E-state index is 0.0899. The van der Waals surface area contributed by atoms with Gasteiger partial charge in [-0.3, -0.25) is 10.2 Å². The lowest BCUT2D eigenvalue weighted by Gasteiger charge is -2.26. The molecular formula is C21H22ClN5O3. The maximum atomic E-state index is 12.2. The first-order valence-corrected chi connectivity index (χ1v) is 9.54. The second kappa shape index (κ2) is 9.32. The fraction of sp³-hybridized carbons (Fsp3) is 0.190. The number of aliphatic imine (C=N–C) groups is 1. The molecular weight excluding hydrogens is 406 g/mol. The minimum atomic E-state index is -0.519. The number of rotatable bonds is 4. The van der Waals surface area contributed by atoms with Crippen molar-refractivity contribution in [3.8, 4) is 5.75 Å². The third kappa shape index (κ3) is 5.09. The van der Waals surface area contributed by atoms with Gasteiger partial charge in [0, 0.05) is 22.0 Å². The average molecular weight is 428 g/mol. The second-order valence-corrected chi connectivity index (χ2v) is 7.02. The van der Waals surface area contributed by atoms with Crippen molar-refractivity contribution in [3.63, 3.8) is 0 Å². The first kappa shape index (κ1) is 21.2. The molecule has 1 heterocycles. The summed E-state index contributed by atoms with van der Waals surface area (Å²) in [5.74, 6) is 0.909. The summed E-state index contributed by atoms with van der Waals surface area (Å²) in [5.41, 5.74) is 7.88. The Morgan fingerprint density at radius 2 is 1.77 bits per heavy atom. The molecule has 3 rings (SSSR count). The molecule has 9 heteroatoms. The number of guanidine groups is 1. The number of benzene rings is 2. The Balaban J connectivity index is 1.70. The predicted molar refractivity (Wildman–Crippen MR) is 116 cm³/mol. The fourth-order valence-corrected chi connectivity index (χ4v) is 3.16. The molecule has 0 saturated heterocycles. The number of carbonyl (C=O) groups excluding carboxylic acids is 2. The van der Waals surface area contributed by atoms with Crippen LogP contribution >= 0.6 is 11.6 Å². The van der Waals surface area contributed by atoms with Crippen LogP contribution in [0.15, 0.2) is 64.8 Å². The quantitative estimate of drug-likeness (QED) is 0.559. The number of anilines is 1. The first-order valence-electron chi connectivity index (χ1n) is 9.16. The van der Waals surface area contributed by atoms with Crippen LogP contribution in [-0.4, -0.2) is 24.9 Å². The van der Waals surface area contributed by atoms with Crippen LogP contribution in [-0.2, 0) is 4.79 Å². The SMILES string of the molecule is COc1ccc(NC(=O)NNC2=NC(c3ccc(Cl)cc3)C(C(C)=O)=C(C)N2)cc1. The van der Waals surface area contributed by atoms with E-state index in [9.17, 15) is 9.59 Å². The van der Waals surface area contributed by atoms with E-state index in [-0.39, 0.29) is 5.78 Å². The average Bonchev–Trinajstić information content (AvgIpc) is 2.72. The van der Waals surface area contributed by atoms with E-state index in [1.807, 2.05) is 12.1 Å². The van der Waals surface area contributed by atoms with Crippen LogP contribution in [0.1, 0.15) is 25.5 Å². The number of carbonyl (C=O) groups is 2. The molecule has 0 aromatic heterocycles. The molecule has 0 saturated carbocycles. The van der Waals surface area contributed by atoms with E-state index in [2.05, 4.69) is 26.5 Å². The number of methoxy groups -OCH3 is 1. The highest BCUT2D eigenvalue weighted by Crippen LogP contribution is 2.31. The van der Waals surface area contributed by atoms with E-state index in [4.69, 9.17) is 16.3 Å². The molecule has 8 nitrogen and oxygen atoms in total. The topological polar surface area (TPSA) is 104 Å². The third-order valence-corrected chi connectivity index (χ3v) is 4.70. The number of amides is 2. The molecule has 2 amide bonds. The molecule has 2 aromatic carbocycles. The first-order chi connectivity index (χ1) is 14.4. The van der Waals surface area contributed by atoms with E-state index in [0.717, 1.165) is 5.56 Å². The van der Waals surface area contributed by atoms with Crippen LogP contribution in [0.5, 0.6) is 5.75 Å². The van der Waals surface area contributed by atoms with Crippen molar-refractivity contribution in [1.82, 2.24) is 16.2 Å². The fourth-order valence-electron chi connectivity index (χ4n) is 3.03. The number of Topliss-reactive ketones (excluding diaryl/α,β-unsaturated/α-hetero) is 1. The van der Waals surface area contributed by atoms with Crippen molar-refractivity contribution in [2.75, 3.05) is 12.4 Å². The maximum absolute atomic E-state index is 12.2. The Morgan fingerprint density at radius 1 is 1.10 bits per heavy atom. The highest BCUT2D eigenvalue weighted by Gasteiger charge is 2.27. The monoisotopic (exact) mass is 427 g/mol. The molecule has 0 spiro atoms. The number of nitrogens with zero attached hydrogens (tertiary/aromatic N) is 1. The number of ketones is 1. The normalized spacial score (nSPS) is 15.6. The number of allylic oxidation sites excluding steroid dienone is 1. The standard InChI is InChI=1S/C21H22ClN5O3/c1-12-18(13(2)28)19(14-4-6-15(22)7-5-14)25-20(23-12)26-27-21(29)24-16-8-10-17(30-3)11-9-16/h4-11,19H,1-3H3,(H2,23,25,26)(H2,24,27,29). The smallest absolute Gasteiger partial charge is 0.337 e. The van der Waals surface area contributed by atoms with Crippen LogP contribution in [0.4, 0.5) is 10.5 Å². The van der Waals surface area contributed by atoms with E-state index < -0.39 is 12.1 Å². The highest BCUT2D eigenvalue weighted by molar-refractivity contribution is 6.30. The summed E-state index contributed by atoms with van der Waals surface area (Å²) in [5, 5.41) is 6.29. The Hall–Kier alpha value is -3.52. The Morgan fingerprint density at radius 3 is 2.37 bits per heavy atom. The zero-order chi connectivity index (χ0) is 21.7. The van der Waals surface area contributed by atoms with Gasteiger partial charge in [0.15, 0.2) is 5.78 Å². The lowest BCUT2D eigenvalue weighted by molar-refractivity contribution is -0.114. The van der Waals surface area contributed by atoms with E-state index >= 15 is 0 Å². The molecule has 1 aliphatic rings. The third-order valence-electron chi connectivity index (χ3n) is 4.45. The number of hydrogen-bond donors (Lipinski definition) is 4. The van der Waals surface area contributed by atoms with Crippen LogP contribution in [0, 0.1) is 0 Å². The van der Waals surface area contributed by atoms with Crippen molar-refractivity contribution in [2.24, 2.45) is 4.99 Å². The number of urea groups is 1. The van der Waals surface area contributed by atoms with Gasteiger partial charge in [-0.05, 0) is 55.8 Å². The molecule has 0 bridgehead atoms. The summed E-state index contributed by atoms with van der Waals surface area (Å²) in [6, 6.07) is 13.0. The number of hydrogen-bond acceptors (Lipinski definition) is 6. The van der Waals surface area contributed by atoms with Crippen LogP contribution in [0.3, 0.4) is 0 Å². The Kier molecular flexibility index (Phi) is 6.58. The van der Waals surface area contributed by atoms with Gasteiger partial charge in [0.1, 0.15) is 11.8 Å². The number of halogens is 1. The molecule has 1 atom stereocenters. The molecule has 0 aliphatic carbocycles. The van der Waals surface area contributed by atoms with Crippen molar-refractivity contribution in [1.29, 1.82) is 0 Å². The van der Waals surface area contributed by atoms with Gasteiger partial charge in [0.05, 0.1) is 7.11 Å². The molecule has 1 unspecified atom stereocenters. The zero-order valence-corrected chi connectivity index (χ0v) is 17.5. The van der Waals surface area contributed by atoms with Gasteiger partial charge < -0.3 is 15.4 Å². The van der Waals surface area contributed by atoms with Gasteiger partial charge in [-0.25, -0.2) is 15.2 Å². The lowest BCUT2D eigenvalue weighted by atomic mass is 9.94. The van der Waals surface area contributed by atoms with E-state index in [1.54, 1.807) is 50.4 Å². The largest absolute Gasteiger partial charge is 0.497 e. The number of nitrogens with one attached hydrogen (secondary N) is 4. The lowest BCUT2D eigenvalue weighted by Crippen LogP contribution is -2.50. The Labute approximate surface area is 179 Å². The summed E-state index contributed by atoms with van der Waals surface area (Å²) < 4.78 is 5.09. The van der Waals surface area contributed by atoms with Gasteiger partial charge in [-0.2, -0.15) is 0 Å². The summed E-state index contributed by atoms with van der Waals surface area (Å²) in [6.07, 6.45) is 0. The maximum Gasteiger partial charge on any atom is 0.337 e. The van der Waals surface area contributed by atoms with Crippen molar-refractivity contribution < 1.29 is 14.3 Å². The minimum Gasteiger partial charge on any atom is -0.497 e. The predicted octanol–water partition coefficient (Wildman–Crippen LogP) is 3.54. The molecule has 0 fully saturated rings. The Bertz CT molecular complexity index is 1000. The number of hydrazine groups is 1. The van der Waals surface area contributed by atoms with Gasteiger partial charge in [0.2, 0.25) is 5.96 Å². The van der Waals surface area contributed by atoms with Gasteiger partial charge in [0.25, 0.3) is 0 Å². The van der Waals surface area contributed by atoms with Crippen molar-refractivity contribution in [2.45, 2.75) is 19.9 Å². The van der Waals surface area contributed by atoms with Gasteiger partial charge in [-0.1, -0.05) is 23.7 Å². The van der Waals surface area contributed by atoms with Crippen LogP contribution in [0.2, 0.25) is 5.02 Å². The highest BCUT2D eigenvalue weighted by atomic mass is 35.5. The van der Waals surface area contributed by atoms with Gasteiger partial charge >= 0.3 is 6.03 Å². The summed E-state index contributed by atoms with van der Waals surface area (Å²) >= 11 is 5.97. The molecule has 1 aliphatic heterocycles. The molecule has 4 N–H and O–H groups in total. The molecule has 2 aromatic rings. The van der Waals surface area contributed by atoms with Gasteiger partial charge in [-0.15, -0.1) is 0 Å². The summed E-state index contributed by atoms with van der Waals surface area (Å²) in [7, 11) is 1.57. The van der Waals surface area contributed by atoms with Crippen molar-refractivity contribution in [3.05, 3.63) is 70.4 Å². The molecule has 30 heavy (non-hydrogen) atoms. The molecule has 156 valence electrons. The van der Waals surface area contributed by atoms with Crippen LogP contribution in [0.25, 0.3) is 0 Å². The van der Waals surface area contributed by atoms with Crippen LogP contribution < -0.4 is 26.2 Å². The van der Waals surface area contributed by atoms with E-state index in [1.165, 1.54) is 6.92 Å². The summed E-state index contributed by atoms with van der Waals surface area (Å²) in [6.45, 7) is 3.28. The van der Waals surface area contributed by atoms with E-state index in [0.29, 0.717) is 33.7 Å².